The Morgan fingerprint density at radius 2 is 0.778 bits per heavy atom. The van der Waals surface area contributed by atoms with Gasteiger partial charge in [-0.3, -0.25) is 4.39 Å². The lowest BCUT2D eigenvalue weighted by atomic mass is 10.3. The van der Waals surface area contributed by atoms with Gasteiger partial charge >= 0.3 is 18.5 Å². The molecule has 0 amide bonds. The van der Waals surface area contributed by atoms with E-state index in [0.29, 0.717) is 0 Å². The molecule has 0 aromatic heterocycles. The highest BCUT2D eigenvalue weighted by atomic mass is 19.4. The molecule has 112 valence electrons. The smallest absolute Gasteiger partial charge is 0.251 e. The van der Waals surface area contributed by atoms with Crippen molar-refractivity contribution in [3.8, 4) is 0 Å². The summed E-state index contributed by atoms with van der Waals surface area (Å²) in [5.74, 6) is 0. The summed E-state index contributed by atoms with van der Waals surface area (Å²) >= 11 is 0. The van der Waals surface area contributed by atoms with Crippen LogP contribution in [0.2, 0.25) is 0 Å². The van der Waals surface area contributed by atoms with Crippen LogP contribution in [-0.4, -0.2) is 25.2 Å². The second kappa shape index (κ2) is 7.67. The van der Waals surface area contributed by atoms with Gasteiger partial charge in [-0.05, 0) is 6.42 Å². The van der Waals surface area contributed by atoms with Crippen LogP contribution in [0.15, 0.2) is 0 Å². The second-order valence-electron chi connectivity index (χ2n) is 3.14. The van der Waals surface area contributed by atoms with E-state index < -0.39 is 50.9 Å². The third-order valence-electron chi connectivity index (χ3n) is 1.29. The Hall–Kier alpha value is -0.700. The molecule has 0 saturated heterocycles. The average Bonchev–Trinajstić information content (AvgIpc) is 2.09. The fraction of sp³-hybridized carbons (Fsp3) is 1.00. The predicted molar refractivity (Wildman–Crippen MR) is 42.6 cm³/mol. The van der Waals surface area contributed by atoms with Crippen molar-refractivity contribution in [1.29, 1.82) is 0 Å². The van der Waals surface area contributed by atoms with Crippen molar-refractivity contribution in [2.45, 2.75) is 44.2 Å². The van der Waals surface area contributed by atoms with Crippen LogP contribution in [0, 0.1) is 0 Å². The number of halogens is 10. The van der Waals surface area contributed by atoms with E-state index in [9.17, 15) is 43.9 Å². The molecule has 10 heteroatoms. The van der Waals surface area contributed by atoms with Gasteiger partial charge in [-0.1, -0.05) is 0 Å². The van der Waals surface area contributed by atoms with Crippen LogP contribution in [0.1, 0.15) is 25.7 Å². The van der Waals surface area contributed by atoms with Crippen molar-refractivity contribution in [2.75, 3.05) is 6.67 Å². The molecule has 0 spiro atoms. The zero-order chi connectivity index (χ0) is 15.0. The summed E-state index contributed by atoms with van der Waals surface area (Å²) in [6, 6.07) is 0. The summed E-state index contributed by atoms with van der Waals surface area (Å²) in [6.45, 7) is -0.889. The van der Waals surface area contributed by atoms with Crippen molar-refractivity contribution in [1.82, 2.24) is 0 Å². The monoisotopic (exact) mass is 296 g/mol. The van der Waals surface area contributed by atoms with Gasteiger partial charge in [0.1, 0.15) is 0 Å². The van der Waals surface area contributed by atoms with E-state index in [1.165, 1.54) is 0 Å². The standard InChI is InChI=1S/C4H4F6.C4H6F4/c5-3(6,7)1-2-4(8,9)10;5-3-1-2-4(6,7)8/h1-2H2;1-3H2. The molecule has 0 aliphatic carbocycles. The summed E-state index contributed by atoms with van der Waals surface area (Å²) in [6.07, 6.45) is -18.6. The quantitative estimate of drug-likeness (QED) is 0.629. The molecule has 0 aromatic rings. The zero-order valence-electron chi connectivity index (χ0n) is 8.82. The molecule has 0 aliphatic heterocycles. The van der Waals surface area contributed by atoms with Crippen LogP contribution >= 0.6 is 0 Å². The van der Waals surface area contributed by atoms with Gasteiger partial charge < -0.3 is 0 Å². The van der Waals surface area contributed by atoms with E-state index in [2.05, 4.69) is 0 Å². The average molecular weight is 296 g/mol. The van der Waals surface area contributed by atoms with E-state index >= 15 is 0 Å². The largest absolute Gasteiger partial charge is 0.389 e. The van der Waals surface area contributed by atoms with Gasteiger partial charge in [0.15, 0.2) is 0 Å². The maximum absolute atomic E-state index is 11.1. The van der Waals surface area contributed by atoms with E-state index in [-0.39, 0.29) is 0 Å². The molecule has 0 N–H and O–H groups in total. The van der Waals surface area contributed by atoms with Gasteiger partial charge in [0.2, 0.25) is 0 Å². The lowest BCUT2D eigenvalue weighted by molar-refractivity contribution is -0.183. The van der Waals surface area contributed by atoms with Crippen LogP contribution in [0.5, 0.6) is 0 Å². The van der Waals surface area contributed by atoms with Crippen LogP contribution in [0.4, 0.5) is 43.9 Å². The van der Waals surface area contributed by atoms with Crippen LogP contribution in [0.3, 0.4) is 0 Å². The fourth-order valence-corrected chi connectivity index (χ4v) is 0.551. The topological polar surface area (TPSA) is 0 Å². The van der Waals surface area contributed by atoms with Crippen LogP contribution in [0.25, 0.3) is 0 Å². The van der Waals surface area contributed by atoms with Gasteiger partial charge in [-0.15, -0.1) is 0 Å². The van der Waals surface area contributed by atoms with E-state index in [4.69, 9.17) is 0 Å². The summed E-state index contributed by atoms with van der Waals surface area (Å²) in [5.41, 5.74) is 0. The highest BCUT2D eigenvalue weighted by Gasteiger charge is 2.36. The van der Waals surface area contributed by atoms with Crippen molar-refractivity contribution in [3.63, 3.8) is 0 Å². The first kappa shape index (κ1) is 19.6. The first-order valence-corrected chi connectivity index (χ1v) is 4.53. The highest BCUT2D eigenvalue weighted by Crippen LogP contribution is 2.29. The Morgan fingerprint density at radius 1 is 0.500 bits per heavy atom. The molecular formula is C8H10F10. The molecule has 0 saturated carbocycles. The predicted octanol–water partition coefficient (Wildman–Crippen LogP) is 5.19. The van der Waals surface area contributed by atoms with Crippen molar-refractivity contribution in [2.24, 2.45) is 0 Å². The lowest BCUT2D eigenvalue weighted by Crippen LogP contribution is -2.15. The molecule has 0 nitrogen and oxygen atoms in total. The molecule has 0 atom stereocenters. The summed E-state index contributed by atoms with van der Waals surface area (Å²) < 4.78 is 111. The fourth-order valence-electron chi connectivity index (χ4n) is 0.551. The third-order valence-corrected chi connectivity index (χ3v) is 1.29. The van der Waals surface area contributed by atoms with Crippen molar-refractivity contribution in [3.05, 3.63) is 0 Å². The number of rotatable bonds is 3. The van der Waals surface area contributed by atoms with E-state index in [1.807, 2.05) is 0 Å². The molecule has 0 radical (unpaired) electrons. The second-order valence-corrected chi connectivity index (χ2v) is 3.14. The molecular weight excluding hydrogens is 286 g/mol. The third kappa shape index (κ3) is 24.5. The first-order valence-electron chi connectivity index (χ1n) is 4.53. The Morgan fingerprint density at radius 3 is 0.889 bits per heavy atom. The molecule has 0 unspecified atom stereocenters. The molecule has 0 heterocycles. The normalized spacial score (nSPS) is 13.0. The number of alkyl halides is 10. The minimum Gasteiger partial charge on any atom is -0.251 e. The summed E-state index contributed by atoms with van der Waals surface area (Å²) in [4.78, 5) is 0. The maximum Gasteiger partial charge on any atom is 0.389 e. The molecule has 0 aromatic carbocycles. The molecule has 0 rings (SSSR count). The summed E-state index contributed by atoms with van der Waals surface area (Å²) in [7, 11) is 0. The Kier molecular flexibility index (Phi) is 8.37. The van der Waals surface area contributed by atoms with Gasteiger partial charge in [0.05, 0.1) is 19.5 Å². The summed E-state index contributed by atoms with van der Waals surface area (Å²) in [5, 5.41) is 0. The van der Waals surface area contributed by atoms with Gasteiger partial charge in [0, 0.05) is 6.42 Å². The van der Waals surface area contributed by atoms with Gasteiger partial charge in [-0.2, -0.15) is 39.5 Å². The maximum atomic E-state index is 11.1. The van der Waals surface area contributed by atoms with E-state index in [0.717, 1.165) is 0 Å². The van der Waals surface area contributed by atoms with Crippen LogP contribution in [-0.2, 0) is 0 Å². The Balaban J connectivity index is 0. The van der Waals surface area contributed by atoms with Crippen molar-refractivity contribution >= 4 is 0 Å². The number of hydrogen-bond acceptors (Lipinski definition) is 0. The molecule has 18 heavy (non-hydrogen) atoms. The Bertz CT molecular complexity index is 183. The van der Waals surface area contributed by atoms with Crippen molar-refractivity contribution < 1.29 is 43.9 Å². The SMILES string of the molecule is FC(F)(F)CCC(F)(F)F.FCCCC(F)(F)F. The highest BCUT2D eigenvalue weighted by molar-refractivity contribution is 4.56. The lowest BCUT2D eigenvalue weighted by Gasteiger charge is -2.07. The number of hydrogen-bond donors (Lipinski definition) is 0. The van der Waals surface area contributed by atoms with Gasteiger partial charge in [0.25, 0.3) is 0 Å². The van der Waals surface area contributed by atoms with Gasteiger partial charge in [-0.25, -0.2) is 0 Å². The van der Waals surface area contributed by atoms with Crippen LogP contribution < -0.4 is 0 Å². The minimum atomic E-state index is -4.71. The molecule has 0 aliphatic rings. The van der Waals surface area contributed by atoms with E-state index in [1.54, 1.807) is 0 Å². The molecule has 0 fully saturated rings. The first-order chi connectivity index (χ1) is 7.77. The molecule has 0 bridgehead atoms. The minimum absolute atomic E-state index is 0.413. The Labute approximate surface area is 96.0 Å². The zero-order valence-corrected chi connectivity index (χ0v) is 8.82.